The highest BCUT2D eigenvalue weighted by Gasteiger charge is 2.09. The molecule has 0 aliphatic rings. The number of carbonyl (C=O) groups excluding carboxylic acids is 2. The molecule has 0 saturated heterocycles. The highest BCUT2D eigenvalue weighted by molar-refractivity contribution is 5.87. The van der Waals surface area contributed by atoms with E-state index in [1.54, 1.807) is 0 Å². The molecule has 104 valence electrons. The number of hydrogen-bond acceptors (Lipinski definition) is 3. The second kappa shape index (κ2) is 10.8. The lowest BCUT2D eigenvalue weighted by Crippen LogP contribution is -2.25. The summed E-state index contributed by atoms with van der Waals surface area (Å²) in [5.41, 5.74) is 0. The van der Waals surface area contributed by atoms with E-state index in [0.29, 0.717) is 19.1 Å². The van der Waals surface area contributed by atoms with E-state index in [0.717, 1.165) is 19.3 Å². The maximum absolute atomic E-state index is 11.4. The van der Waals surface area contributed by atoms with Gasteiger partial charge in [-0.05, 0) is 18.4 Å². The van der Waals surface area contributed by atoms with Gasteiger partial charge in [-0.1, -0.05) is 39.7 Å². The Labute approximate surface area is 110 Å². The smallest absolute Gasteiger partial charge is 0.307 e. The first kappa shape index (κ1) is 16.7. The van der Waals surface area contributed by atoms with Crippen LogP contribution in [0.1, 0.15) is 46.0 Å². The van der Waals surface area contributed by atoms with Gasteiger partial charge in [0.15, 0.2) is 0 Å². The normalized spacial score (nSPS) is 11.7. The minimum atomic E-state index is -0.266. The molecule has 0 aromatic carbocycles. The van der Waals surface area contributed by atoms with E-state index in [9.17, 15) is 9.59 Å². The van der Waals surface area contributed by atoms with Crippen LogP contribution >= 0.6 is 0 Å². The largest absolute Gasteiger partial charge is 0.465 e. The molecule has 1 amide bonds. The highest BCUT2D eigenvalue weighted by Crippen LogP contribution is 2.12. The Morgan fingerprint density at radius 2 is 2.11 bits per heavy atom. The third-order valence-corrected chi connectivity index (χ3v) is 2.84. The van der Waals surface area contributed by atoms with Crippen molar-refractivity contribution in [1.29, 1.82) is 0 Å². The van der Waals surface area contributed by atoms with E-state index >= 15 is 0 Å². The lowest BCUT2D eigenvalue weighted by atomic mass is 10.0. The van der Waals surface area contributed by atoms with Gasteiger partial charge in [-0.25, -0.2) is 0 Å². The molecule has 0 aromatic heterocycles. The molecule has 0 radical (unpaired) electrons. The Bertz CT molecular complexity index is 264. The molecule has 0 rings (SSSR count). The Balaban J connectivity index is 3.67. The molecule has 1 atom stereocenters. The molecule has 1 unspecified atom stereocenters. The van der Waals surface area contributed by atoms with Crippen LogP contribution in [-0.4, -0.2) is 25.0 Å². The van der Waals surface area contributed by atoms with E-state index in [-0.39, 0.29) is 18.3 Å². The summed E-state index contributed by atoms with van der Waals surface area (Å²) in [7, 11) is 0. The van der Waals surface area contributed by atoms with Gasteiger partial charge in [-0.15, -0.1) is 0 Å². The molecular weight excluding hydrogens is 230 g/mol. The molecule has 0 aliphatic carbocycles. The lowest BCUT2D eigenvalue weighted by Gasteiger charge is -2.14. The molecule has 4 heteroatoms. The summed E-state index contributed by atoms with van der Waals surface area (Å²) < 4.78 is 5.19. The summed E-state index contributed by atoms with van der Waals surface area (Å²) in [6.45, 7) is 8.38. The fourth-order valence-electron chi connectivity index (χ4n) is 1.54. The average molecular weight is 255 g/mol. The molecule has 0 saturated carbocycles. The molecule has 0 aliphatic heterocycles. The van der Waals surface area contributed by atoms with E-state index in [4.69, 9.17) is 4.74 Å². The van der Waals surface area contributed by atoms with Crippen LogP contribution in [0.15, 0.2) is 12.7 Å². The van der Waals surface area contributed by atoms with E-state index in [1.165, 1.54) is 12.5 Å². The topological polar surface area (TPSA) is 55.4 Å². The van der Waals surface area contributed by atoms with Gasteiger partial charge in [0.05, 0.1) is 13.0 Å². The minimum Gasteiger partial charge on any atom is -0.465 e. The van der Waals surface area contributed by atoms with E-state index < -0.39 is 0 Å². The van der Waals surface area contributed by atoms with Crippen molar-refractivity contribution in [2.75, 3.05) is 13.2 Å². The zero-order valence-electron chi connectivity index (χ0n) is 11.5. The van der Waals surface area contributed by atoms with Gasteiger partial charge < -0.3 is 10.1 Å². The van der Waals surface area contributed by atoms with Gasteiger partial charge >= 0.3 is 5.97 Å². The monoisotopic (exact) mass is 255 g/mol. The number of carbonyl (C=O) groups is 2. The number of ether oxygens (including phenoxy) is 1. The first-order chi connectivity index (χ1) is 8.63. The molecule has 0 heterocycles. The maximum atomic E-state index is 11.4. The fourth-order valence-corrected chi connectivity index (χ4v) is 1.54. The Hall–Kier alpha value is -1.32. The summed E-state index contributed by atoms with van der Waals surface area (Å²) >= 11 is 0. The Kier molecular flexibility index (Phi) is 10.0. The van der Waals surface area contributed by atoms with Crippen LogP contribution in [-0.2, 0) is 14.3 Å². The number of nitrogens with one attached hydrogen (secondary N) is 1. The number of hydrogen-bond donors (Lipinski definition) is 1. The van der Waals surface area contributed by atoms with Crippen LogP contribution in [0, 0.1) is 5.92 Å². The maximum Gasteiger partial charge on any atom is 0.307 e. The van der Waals surface area contributed by atoms with Gasteiger partial charge in [0.25, 0.3) is 0 Å². The van der Waals surface area contributed by atoms with Crippen molar-refractivity contribution in [2.24, 2.45) is 5.92 Å². The van der Waals surface area contributed by atoms with Crippen molar-refractivity contribution in [3.05, 3.63) is 12.7 Å². The summed E-state index contributed by atoms with van der Waals surface area (Å²) in [5, 5.41) is 2.54. The van der Waals surface area contributed by atoms with Crippen LogP contribution in [0.2, 0.25) is 0 Å². The van der Waals surface area contributed by atoms with Crippen LogP contribution in [0.3, 0.4) is 0 Å². The van der Waals surface area contributed by atoms with Gasteiger partial charge in [0.2, 0.25) is 5.91 Å². The second-order valence-electron chi connectivity index (χ2n) is 4.34. The van der Waals surface area contributed by atoms with Crippen LogP contribution in [0.5, 0.6) is 0 Å². The molecule has 0 bridgehead atoms. The van der Waals surface area contributed by atoms with Crippen molar-refractivity contribution in [3.63, 3.8) is 0 Å². The van der Waals surface area contributed by atoms with Gasteiger partial charge in [-0.3, -0.25) is 9.59 Å². The molecular formula is C14H25NO3. The SMILES string of the molecule is C=CC(=O)NCCC(=O)OCC(CC)CCCC. The van der Waals surface area contributed by atoms with E-state index in [1.807, 2.05) is 0 Å². The van der Waals surface area contributed by atoms with Gasteiger partial charge in [0, 0.05) is 6.54 Å². The number of rotatable bonds is 10. The average Bonchev–Trinajstić information content (AvgIpc) is 2.38. The molecule has 1 N–H and O–H groups in total. The quantitative estimate of drug-likeness (QED) is 0.482. The Morgan fingerprint density at radius 1 is 1.39 bits per heavy atom. The summed E-state index contributed by atoms with van der Waals surface area (Å²) in [6.07, 6.45) is 5.87. The molecule has 4 nitrogen and oxygen atoms in total. The highest BCUT2D eigenvalue weighted by atomic mass is 16.5. The molecule has 0 spiro atoms. The predicted molar refractivity (Wildman–Crippen MR) is 72.1 cm³/mol. The van der Waals surface area contributed by atoms with Crippen molar-refractivity contribution in [1.82, 2.24) is 5.32 Å². The summed E-state index contributed by atoms with van der Waals surface area (Å²) in [5.74, 6) is -0.0665. The van der Waals surface area contributed by atoms with Crippen molar-refractivity contribution >= 4 is 11.9 Å². The number of unbranched alkanes of at least 4 members (excludes halogenated alkanes) is 1. The van der Waals surface area contributed by atoms with Crippen molar-refractivity contribution in [3.8, 4) is 0 Å². The van der Waals surface area contributed by atoms with E-state index in [2.05, 4.69) is 25.7 Å². The zero-order chi connectivity index (χ0) is 13.8. The van der Waals surface area contributed by atoms with Crippen LogP contribution in [0.4, 0.5) is 0 Å². The van der Waals surface area contributed by atoms with Crippen molar-refractivity contribution in [2.45, 2.75) is 46.0 Å². The zero-order valence-corrected chi connectivity index (χ0v) is 11.5. The molecule has 0 aromatic rings. The minimum absolute atomic E-state index is 0.212. The second-order valence-corrected chi connectivity index (χ2v) is 4.34. The third kappa shape index (κ3) is 8.79. The van der Waals surface area contributed by atoms with Crippen LogP contribution < -0.4 is 5.32 Å². The lowest BCUT2D eigenvalue weighted by molar-refractivity contribution is -0.145. The van der Waals surface area contributed by atoms with Crippen LogP contribution in [0.25, 0.3) is 0 Å². The fraction of sp³-hybridized carbons (Fsp3) is 0.714. The molecule has 18 heavy (non-hydrogen) atoms. The standard InChI is InChI=1S/C14H25NO3/c1-4-7-8-12(5-2)11-18-14(17)9-10-15-13(16)6-3/h6,12H,3-5,7-11H2,1-2H3,(H,15,16). The predicted octanol–water partition coefficient (Wildman–Crippen LogP) is 2.44. The number of amides is 1. The first-order valence-corrected chi connectivity index (χ1v) is 6.69. The number of esters is 1. The van der Waals surface area contributed by atoms with Crippen molar-refractivity contribution < 1.29 is 14.3 Å². The first-order valence-electron chi connectivity index (χ1n) is 6.69. The third-order valence-electron chi connectivity index (χ3n) is 2.84. The summed E-state index contributed by atoms with van der Waals surface area (Å²) in [4.78, 5) is 22.3. The molecule has 0 fully saturated rings. The Morgan fingerprint density at radius 3 is 2.67 bits per heavy atom. The van der Waals surface area contributed by atoms with Gasteiger partial charge in [0.1, 0.15) is 0 Å². The van der Waals surface area contributed by atoms with Gasteiger partial charge in [-0.2, -0.15) is 0 Å². The summed E-state index contributed by atoms with van der Waals surface area (Å²) in [6, 6.07) is 0.